The summed E-state index contributed by atoms with van der Waals surface area (Å²) in [5.41, 5.74) is 4.69. The normalized spacial score (nSPS) is 23.9. The van der Waals surface area contributed by atoms with Crippen LogP contribution in [0.2, 0.25) is 0 Å². The lowest BCUT2D eigenvalue weighted by Gasteiger charge is -2.38. The number of hydrogen-bond donors (Lipinski definition) is 1. The van der Waals surface area contributed by atoms with Crippen molar-refractivity contribution in [3.63, 3.8) is 0 Å². The molecule has 0 aromatic heterocycles. The molecule has 1 aliphatic rings. The van der Waals surface area contributed by atoms with Gasteiger partial charge in [-0.2, -0.15) is 0 Å². The highest BCUT2D eigenvalue weighted by Gasteiger charge is 2.32. The van der Waals surface area contributed by atoms with Crippen LogP contribution in [0, 0.1) is 11.3 Å². The topological polar surface area (TPSA) is 29.5 Å². The van der Waals surface area contributed by atoms with E-state index in [9.17, 15) is 5.11 Å². The number of allylic oxidation sites excluding steroid dienone is 1. The number of hydrogen-bond acceptors (Lipinski definition) is 2. The zero-order valence-electron chi connectivity index (χ0n) is 16.9. The summed E-state index contributed by atoms with van der Waals surface area (Å²) in [5, 5.41) is 10.7. The molecule has 2 heteroatoms. The van der Waals surface area contributed by atoms with Crippen molar-refractivity contribution in [3.05, 3.63) is 77.4 Å². The van der Waals surface area contributed by atoms with Crippen molar-refractivity contribution < 1.29 is 9.84 Å². The van der Waals surface area contributed by atoms with Crippen LogP contribution in [0.15, 0.2) is 60.7 Å². The van der Waals surface area contributed by atoms with E-state index in [-0.39, 0.29) is 0 Å². The fraction of sp³-hybridized carbons (Fsp3) is 0.440. The van der Waals surface area contributed by atoms with Crippen molar-refractivity contribution in [1.82, 2.24) is 0 Å². The summed E-state index contributed by atoms with van der Waals surface area (Å²) in [7, 11) is 1.71. The highest BCUT2D eigenvalue weighted by Crippen LogP contribution is 2.44. The standard InChI is InChI=1S/C25H32O2/c1-18-14-19(2)17-25(3,16-18)13-12-20-10-11-22(15-23(20)27-4)24(26)21-8-6-5-7-9-21/h5-11,15,19,24,26H,1,12-14,16-17H2,2-4H3. The van der Waals surface area contributed by atoms with Crippen LogP contribution in [0.5, 0.6) is 5.75 Å². The number of benzene rings is 2. The first kappa shape index (κ1) is 19.7. The molecule has 2 nitrogen and oxygen atoms in total. The molecule has 0 saturated heterocycles. The third-order valence-electron chi connectivity index (χ3n) is 5.90. The summed E-state index contributed by atoms with van der Waals surface area (Å²) in [6, 6.07) is 15.9. The Balaban J connectivity index is 1.74. The molecule has 0 heterocycles. The summed E-state index contributed by atoms with van der Waals surface area (Å²) in [6.45, 7) is 8.99. The lowest BCUT2D eigenvalue weighted by atomic mass is 9.67. The van der Waals surface area contributed by atoms with Crippen LogP contribution in [-0.4, -0.2) is 12.2 Å². The van der Waals surface area contributed by atoms with Crippen LogP contribution < -0.4 is 4.74 Å². The Morgan fingerprint density at radius 3 is 2.59 bits per heavy atom. The van der Waals surface area contributed by atoms with E-state index in [0.29, 0.717) is 5.41 Å². The van der Waals surface area contributed by atoms with Crippen molar-refractivity contribution >= 4 is 0 Å². The van der Waals surface area contributed by atoms with E-state index < -0.39 is 6.10 Å². The first-order valence-corrected chi connectivity index (χ1v) is 9.97. The van der Waals surface area contributed by atoms with E-state index in [1.165, 1.54) is 24.0 Å². The smallest absolute Gasteiger partial charge is 0.122 e. The molecule has 1 fully saturated rings. The van der Waals surface area contributed by atoms with Crippen LogP contribution >= 0.6 is 0 Å². The van der Waals surface area contributed by atoms with Gasteiger partial charge >= 0.3 is 0 Å². The van der Waals surface area contributed by atoms with Crippen LogP contribution in [0.4, 0.5) is 0 Å². The molecule has 3 atom stereocenters. The van der Waals surface area contributed by atoms with Crippen LogP contribution in [0.25, 0.3) is 0 Å². The van der Waals surface area contributed by atoms with Gasteiger partial charge in [-0.25, -0.2) is 0 Å². The first-order valence-electron chi connectivity index (χ1n) is 9.97. The van der Waals surface area contributed by atoms with Gasteiger partial charge in [-0.05, 0) is 66.2 Å². The van der Waals surface area contributed by atoms with Crippen molar-refractivity contribution in [1.29, 1.82) is 0 Å². The SMILES string of the molecule is C=C1CC(C)CC(C)(CCc2ccc(C(O)c3ccccc3)cc2OC)C1. The van der Waals surface area contributed by atoms with E-state index in [1.54, 1.807) is 7.11 Å². The Hall–Kier alpha value is -2.06. The summed E-state index contributed by atoms with van der Waals surface area (Å²) in [4.78, 5) is 0. The molecule has 144 valence electrons. The van der Waals surface area contributed by atoms with Gasteiger partial charge in [0.2, 0.25) is 0 Å². The minimum absolute atomic E-state index is 0.321. The van der Waals surface area contributed by atoms with Crippen LogP contribution in [-0.2, 0) is 6.42 Å². The Morgan fingerprint density at radius 2 is 1.93 bits per heavy atom. The minimum Gasteiger partial charge on any atom is -0.496 e. The van der Waals surface area contributed by atoms with Gasteiger partial charge in [0.15, 0.2) is 0 Å². The molecular formula is C25H32O2. The van der Waals surface area contributed by atoms with Crippen LogP contribution in [0.1, 0.15) is 62.3 Å². The number of ether oxygens (including phenoxy) is 1. The average molecular weight is 365 g/mol. The monoisotopic (exact) mass is 364 g/mol. The lowest BCUT2D eigenvalue weighted by molar-refractivity contribution is 0.192. The van der Waals surface area contributed by atoms with E-state index in [4.69, 9.17) is 4.74 Å². The molecule has 0 spiro atoms. The predicted molar refractivity (Wildman–Crippen MR) is 112 cm³/mol. The van der Waals surface area contributed by atoms with E-state index in [2.05, 4.69) is 26.5 Å². The van der Waals surface area contributed by atoms with Gasteiger partial charge in [0.25, 0.3) is 0 Å². The van der Waals surface area contributed by atoms with Gasteiger partial charge in [0.1, 0.15) is 11.9 Å². The van der Waals surface area contributed by atoms with Crippen LogP contribution in [0.3, 0.4) is 0 Å². The maximum absolute atomic E-state index is 10.7. The van der Waals surface area contributed by atoms with Gasteiger partial charge in [-0.3, -0.25) is 0 Å². The molecule has 0 radical (unpaired) electrons. The fourth-order valence-electron chi connectivity index (χ4n) is 4.75. The van der Waals surface area contributed by atoms with Crippen molar-refractivity contribution in [2.75, 3.05) is 7.11 Å². The first-order chi connectivity index (χ1) is 12.9. The second-order valence-corrected chi connectivity index (χ2v) is 8.64. The van der Waals surface area contributed by atoms with Crippen molar-refractivity contribution in [3.8, 4) is 5.75 Å². The highest BCUT2D eigenvalue weighted by atomic mass is 16.5. The van der Waals surface area contributed by atoms with Gasteiger partial charge in [0, 0.05) is 0 Å². The number of aliphatic hydroxyl groups excluding tert-OH is 1. The zero-order valence-corrected chi connectivity index (χ0v) is 16.9. The quantitative estimate of drug-likeness (QED) is 0.628. The molecular weight excluding hydrogens is 332 g/mol. The summed E-state index contributed by atoms with van der Waals surface area (Å²) >= 11 is 0. The Bertz CT molecular complexity index is 780. The molecule has 0 amide bonds. The summed E-state index contributed by atoms with van der Waals surface area (Å²) < 4.78 is 5.66. The van der Waals surface area contributed by atoms with Crippen molar-refractivity contribution in [2.24, 2.45) is 11.3 Å². The minimum atomic E-state index is -0.630. The molecule has 0 aliphatic heterocycles. The molecule has 1 N–H and O–H groups in total. The molecule has 1 aliphatic carbocycles. The Kier molecular flexibility index (Phi) is 6.06. The molecule has 0 bridgehead atoms. The average Bonchev–Trinajstić information content (AvgIpc) is 2.65. The molecule has 1 saturated carbocycles. The molecule has 3 rings (SSSR count). The van der Waals surface area contributed by atoms with Gasteiger partial charge < -0.3 is 9.84 Å². The van der Waals surface area contributed by atoms with E-state index >= 15 is 0 Å². The predicted octanol–water partition coefficient (Wildman–Crippen LogP) is 6.09. The fourth-order valence-corrected chi connectivity index (χ4v) is 4.75. The number of aliphatic hydroxyl groups is 1. The highest BCUT2D eigenvalue weighted by molar-refractivity contribution is 5.41. The lowest BCUT2D eigenvalue weighted by Crippen LogP contribution is -2.26. The van der Waals surface area contributed by atoms with E-state index in [1.807, 2.05) is 42.5 Å². The largest absolute Gasteiger partial charge is 0.496 e. The zero-order chi connectivity index (χ0) is 19.4. The maximum Gasteiger partial charge on any atom is 0.122 e. The van der Waals surface area contributed by atoms with Gasteiger partial charge in [-0.1, -0.05) is 68.5 Å². The third-order valence-corrected chi connectivity index (χ3v) is 5.90. The maximum atomic E-state index is 10.7. The number of aryl methyl sites for hydroxylation is 1. The Labute approximate surface area is 163 Å². The number of methoxy groups -OCH3 is 1. The summed E-state index contributed by atoms with van der Waals surface area (Å²) in [5.74, 6) is 1.59. The summed E-state index contributed by atoms with van der Waals surface area (Å²) in [6.07, 6.45) is 5.05. The number of rotatable bonds is 6. The molecule has 27 heavy (non-hydrogen) atoms. The molecule has 2 aromatic carbocycles. The van der Waals surface area contributed by atoms with Gasteiger partial charge in [0.05, 0.1) is 7.11 Å². The Morgan fingerprint density at radius 1 is 1.19 bits per heavy atom. The molecule has 3 unspecified atom stereocenters. The third kappa shape index (κ3) is 4.81. The molecule has 2 aromatic rings. The second-order valence-electron chi connectivity index (χ2n) is 8.64. The van der Waals surface area contributed by atoms with Gasteiger partial charge in [-0.15, -0.1) is 0 Å². The van der Waals surface area contributed by atoms with Crippen molar-refractivity contribution in [2.45, 2.75) is 52.1 Å². The second kappa shape index (κ2) is 8.31. The van der Waals surface area contributed by atoms with E-state index in [0.717, 1.165) is 42.1 Å².